The number of ether oxygens (including phenoxy) is 1. The first kappa shape index (κ1) is 16.7. The molecule has 2 rings (SSSR count). The summed E-state index contributed by atoms with van der Waals surface area (Å²) in [4.78, 5) is 12.1. The number of sulfonamides is 1. The van der Waals surface area contributed by atoms with Crippen molar-refractivity contribution >= 4 is 21.4 Å². The molecule has 0 amide bonds. The number of nitrogens with zero attached hydrogens (tertiary/aromatic N) is 2. The van der Waals surface area contributed by atoms with Crippen LogP contribution in [0.25, 0.3) is 0 Å². The van der Waals surface area contributed by atoms with Gasteiger partial charge in [-0.3, -0.25) is 10.1 Å². The summed E-state index contributed by atoms with van der Waals surface area (Å²) in [6.07, 6.45) is 1.85. The van der Waals surface area contributed by atoms with Crippen molar-refractivity contribution in [2.45, 2.75) is 17.7 Å². The number of hydrogen-bond donors (Lipinski definition) is 1. The molecule has 0 spiro atoms. The van der Waals surface area contributed by atoms with Gasteiger partial charge in [-0.05, 0) is 30.9 Å². The first-order chi connectivity index (χ1) is 10.3. The minimum Gasteiger partial charge on any atom is -0.384 e. The summed E-state index contributed by atoms with van der Waals surface area (Å²) < 4.78 is 28.3. The second-order valence-corrected chi connectivity index (χ2v) is 6.87. The zero-order chi connectivity index (χ0) is 16.3. The third-order valence-corrected chi connectivity index (χ3v) is 4.67. The van der Waals surface area contributed by atoms with Crippen molar-refractivity contribution in [3.05, 3.63) is 28.3 Å². The number of nitro benzene ring substituents is 1. The first-order valence-corrected chi connectivity index (χ1v) is 8.43. The van der Waals surface area contributed by atoms with Crippen LogP contribution in [-0.2, 0) is 14.8 Å². The first-order valence-electron chi connectivity index (χ1n) is 6.88. The lowest BCUT2D eigenvalue weighted by atomic mass is 9.98. The molecule has 0 aromatic heterocycles. The van der Waals surface area contributed by atoms with Crippen molar-refractivity contribution < 1.29 is 18.1 Å². The number of primary sulfonamides is 1. The Morgan fingerprint density at radius 2 is 2.23 bits per heavy atom. The van der Waals surface area contributed by atoms with Crippen molar-refractivity contribution in [3.63, 3.8) is 0 Å². The normalized spacial score (nSPS) is 19.2. The number of piperidine rings is 1. The maximum atomic E-state index is 11.6. The van der Waals surface area contributed by atoms with Gasteiger partial charge >= 0.3 is 5.69 Å². The van der Waals surface area contributed by atoms with Crippen molar-refractivity contribution in [1.82, 2.24) is 0 Å². The van der Waals surface area contributed by atoms with Gasteiger partial charge in [-0.2, -0.15) is 0 Å². The molecule has 1 aliphatic heterocycles. The number of para-hydroxylation sites is 1. The van der Waals surface area contributed by atoms with Crippen LogP contribution in [0.2, 0.25) is 0 Å². The molecule has 1 aliphatic rings. The van der Waals surface area contributed by atoms with Crippen molar-refractivity contribution in [1.29, 1.82) is 0 Å². The second-order valence-electron chi connectivity index (χ2n) is 5.34. The Morgan fingerprint density at radius 1 is 1.50 bits per heavy atom. The summed E-state index contributed by atoms with van der Waals surface area (Å²) in [6, 6.07) is 4.19. The third kappa shape index (κ3) is 3.54. The lowest BCUT2D eigenvalue weighted by molar-refractivity contribution is -0.387. The molecule has 1 aromatic carbocycles. The van der Waals surface area contributed by atoms with E-state index in [2.05, 4.69) is 0 Å². The topological polar surface area (TPSA) is 116 Å². The Labute approximate surface area is 129 Å². The standard InChI is InChI=1S/C13H19N3O5S/c1-21-9-10-4-3-7-15(8-10)11-5-2-6-12(22(14,19)20)13(11)16(17)18/h2,5-6,10H,3-4,7-9H2,1H3,(H2,14,19,20). The fourth-order valence-electron chi connectivity index (χ4n) is 2.83. The second kappa shape index (κ2) is 6.59. The van der Waals surface area contributed by atoms with Gasteiger partial charge in [-0.1, -0.05) is 6.07 Å². The van der Waals surface area contributed by atoms with E-state index in [4.69, 9.17) is 9.88 Å². The molecule has 0 bridgehead atoms. The summed E-state index contributed by atoms with van der Waals surface area (Å²) in [5, 5.41) is 16.5. The van der Waals surface area contributed by atoms with Gasteiger partial charge in [0, 0.05) is 20.2 Å². The Hall–Kier alpha value is -1.71. The molecule has 22 heavy (non-hydrogen) atoms. The van der Waals surface area contributed by atoms with Gasteiger partial charge in [0.2, 0.25) is 10.0 Å². The zero-order valence-electron chi connectivity index (χ0n) is 12.3. The molecule has 1 fully saturated rings. The van der Waals surface area contributed by atoms with E-state index in [-0.39, 0.29) is 11.6 Å². The van der Waals surface area contributed by atoms with Crippen LogP contribution in [0, 0.1) is 16.0 Å². The van der Waals surface area contributed by atoms with Crippen LogP contribution < -0.4 is 10.0 Å². The summed E-state index contributed by atoms with van der Waals surface area (Å²) in [7, 11) is -2.54. The predicted molar refractivity (Wildman–Crippen MR) is 81.3 cm³/mol. The number of rotatable bonds is 5. The van der Waals surface area contributed by atoms with Crippen molar-refractivity contribution in [3.8, 4) is 0 Å². The molecule has 122 valence electrons. The Balaban J connectivity index is 2.44. The van der Waals surface area contributed by atoms with E-state index in [1.54, 1.807) is 13.2 Å². The minimum absolute atomic E-state index is 0.261. The number of nitrogens with two attached hydrogens (primary N) is 1. The van der Waals surface area contributed by atoms with Crippen LogP contribution in [0.1, 0.15) is 12.8 Å². The van der Waals surface area contributed by atoms with Crippen LogP contribution >= 0.6 is 0 Å². The number of nitro groups is 1. The lowest BCUT2D eigenvalue weighted by Crippen LogP contribution is -2.37. The Morgan fingerprint density at radius 3 is 2.82 bits per heavy atom. The third-order valence-electron chi connectivity index (χ3n) is 3.73. The highest BCUT2D eigenvalue weighted by atomic mass is 32.2. The molecule has 0 radical (unpaired) electrons. The average molecular weight is 329 g/mol. The fraction of sp³-hybridized carbons (Fsp3) is 0.538. The van der Waals surface area contributed by atoms with Gasteiger partial charge in [0.25, 0.3) is 0 Å². The maximum Gasteiger partial charge on any atom is 0.312 e. The molecule has 1 heterocycles. The van der Waals surface area contributed by atoms with Crippen LogP contribution in [-0.4, -0.2) is 40.1 Å². The molecule has 1 aromatic rings. The molecule has 9 heteroatoms. The highest BCUT2D eigenvalue weighted by molar-refractivity contribution is 7.89. The Kier molecular flexibility index (Phi) is 4.99. The van der Waals surface area contributed by atoms with Gasteiger partial charge in [0.05, 0.1) is 11.5 Å². The SMILES string of the molecule is COCC1CCCN(c2cccc(S(N)(=O)=O)c2[N+](=O)[O-])C1. The number of methoxy groups -OCH3 is 1. The summed E-state index contributed by atoms with van der Waals surface area (Å²) in [5.74, 6) is 0.261. The van der Waals surface area contributed by atoms with E-state index in [9.17, 15) is 18.5 Å². The highest BCUT2D eigenvalue weighted by Gasteiger charge is 2.31. The van der Waals surface area contributed by atoms with Gasteiger partial charge in [0.1, 0.15) is 5.69 Å². The van der Waals surface area contributed by atoms with E-state index in [0.29, 0.717) is 19.7 Å². The summed E-state index contributed by atoms with van der Waals surface area (Å²) in [6.45, 7) is 1.79. The van der Waals surface area contributed by atoms with Gasteiger partial charge < -0.3 is 9.64 Å². The van der Waals surface area contributed by atoms with Crippen molar-refractivity contribution in [2.75, 3.05) is 31.7 Å². The average Bonchev–Trinajstić information content (AvgIpc) is 2.46. The van der Waals surface area contributed by atoms with E-state index in [0.717, 1.165) is 18.9 Å². The zero-order valence-corrected chi connectivity index (χ0v) is 13.1. The molecule has 0 saturated carbocycles. The van der Waals surface area contributed by atoms with E-state index >= 15 is 0 Å². The summed E-state index contributed by atoms with van der Waals surface area (Å²) in [5.41, 5.74) is -0.166. The molecule has 0 aliphatic carbocycles. The predicted octanol–water partition coefficient (Wildman–Crippen LogP) is 1.11. The van der Waals surface area contributed by atoms with Crippen LogP contribution in [0.5, 0.6) is 0 Å². The molecular formula is C13H19N3O5S. The number of hydrogen-bond acceptors (Lipinski definition) is 6. The molecular weight excluding hydrogens is 310 g/mol. The fourth-order valence-corrected chi connectivity index (χ4v) is 3.55. The number of benzene rings is 1. The summed E-state index contributed by atoms with van der Waals surface area (Å²) >= 11 is 0. The van der Waals surface area contributed by atoms with E-state index < -0.39 is 25.5 Å². The minimum atomic E-state index is -4.16. The quantitative estimate of drug-likeness (QED) is 0.639. The smallest absolute Gasteiger partial charge is 0.312 e. The maximum absolute atomic E-state index is 11.6. The largest absolute Gasteiger partial charge is 0.384 e. The van der Waals surface area contributed by atoms with Gasteiger partial charge in [-0.15, -0.1) is 0 Å². The molecule has 2 N–H and O–H groups in total. The van der Waals surface area contributed by atoms with Crippen LogP contribution in [0.15, 0.2) is 23.1 Å². The van der Waals surface area contributed by atoms with Crippen molar-refractivity contribution in [2.24, 2.45) is 11.1 Å². The van der Waals surface area contributed by atoms with E-state index in [1.165, 1.54) is 6.07 Å². The molecule has 8 nitrogen and oxygen atoms in total. The van der Waals surface area contributed by atoms with Crippen LogP contribution in [0.3, 0.4) is 0 Å². The van der Waals surface area contributed by atoms with Gasteiger partial charge in [0.15, 0.2) is 4.90 Å². The number of anilines is 1. The molecule has 1 atom stereocenters. The van der Waals surface area contributed by atoms with Gasteiger partial charge in [-0.25, -0.2) is 13.6 Å². The Bertz CT molecular complexity index is 660. The monoisotopic (exact) mass is 329 g/mol. The van der Waals surface area contributed by atoms with E-state index in [1.807, 2.05) is 4.90 Å². The molecule has 1 saturated heterocycles. The lowest BCUT2D eigenvalue weighted by Gasteiger charge is -2.33. The molecule has 1 unspecified atom stereocenters. The highest BCUT2D eigenvalue weighted by Crippen LogP contribution is 2.36. The van der Waals surface area contributed by atoms with Crippen LogP contribution in [0.4, 0.5) is 11.4 Å².